The number of hydrogen-bond acceptors (Lipinski definition) is 2. The largest absolute Gasteiger partial charge is 0.372 e. The van der Waals surface area contributed by atoms with E-state index in [0.29, 0.717) is 17.2 Å². The Labute approximate surface area is 105 Å². The standard InChI is InChI=1S/C12H15ClFNO2/c1-3-17-7-12(16)15-8(2)10-5-4-9(14)6-11(10)13/h4-6,8H,3,7H2,1-2H3,(H,15,16)/t8-/m0/s1. The summed E-state index contributed by atoms with van der Waals surface area (Å²) in [4.78, 5) is 11.4. The molecule has 1 N–H and O–H groups in total. The van der Waals surface area contributed by atoms with Crippen LogP contribution in [-0.2, 0) is 9.53 Å². The lowest BCUT2D eigenvalue weighted by molar-refractivity contribution is -0.126. The lowest BCUT2D eigenvalue weighted by atomic mass is 10.1. The molecule has 0 aliphatic rings. The molecule has 0 saturated heterocycles. The van der Waals surface area contributed by atoms with Gasteiger partial charge in [-0.3, -0.25) is 4.79 Å². The van der Waals surface area contributed by atoms with Crippen LogP contribution in [0.5, 0.6) is 0 Å². The van der Waals surface area contributed by atoms with Crippen molar-refractivity contribution in [3.05, 3.63) is 34.6 Å². The highest BCUT2D eigenvalue weighted by Gasteiger charge is 2.12. The van der Waals surface area contributed by atoms with E-state index >= 15 is 0 Å². The van der Waals surface area contributed by atoms with E-state index in [0.717, 1.165) is 0 Å². The van der Waals surface area contributed by atoms with Crippen LogP contribution in [0.2, 0.25) is 5.02 Å². The maximum atomic E-state index is 12.8. The molecule has 17 heavy (non-hydrogen) atoms. The predicted octanol–water partition coefficient (Wildman–Crippen LogP) is 2.69. The number of hydrogen-bond donors (Lipinski definition) is 1. The van der Waals surface area contributed by atoms with Crippen molar-refractivity contribution in [1.82, 2.24) is 5.32 Å². The van der Waals surface area contributed by atoms with Gasteiger partial charge in [0.25, 0.3) is 0 Å². The number of halogens is 2. The van der Waals surface area contributed by atoms with Crippen molar-refractivity contribution in [2.75, 3.05) is 13.2 Å². The number of amides is 1. The van der Waals surface area contributed by atoms with Crippen LogP contribution in [0, 0.1) is 5.82 Å². The number of carbonyl (C=O) groups is 1. The molecule has 0 fully saturated rings. The fourth-order valence-corrected chi connectivity index (χ4v) is 1.74. The molecule has 0 unspecified atom stereocenters. The van der Waals surface area contributed by atoms with Crippen LogP contribution in [0.15, 0.2) is 18.2 Å². The van der Waals surface area contributed by atoms with Crippen LogP contribution < -0.4 is 5.32 Å². The van der Waals surface area contributed by atoms with Crippen LogP contribution in [0.4, 0.5) is 4.39 Å². The quantitative estimate of drug-likeness (QED) is 0.883. The summed E-state index contributed by atoms with van der Waals surface area (Å²) >= 11 is 5.89. The van der Waals surface area contributed by atoms with Crippen molar-refractivity contribution < 1.29 is 13.9 Å². The molecule has 0 aromatic heterocycles. The first-order valence-electron chi connectivity index (χ1n) is 5.36. The molecule has 0 bridgehead atoms. The van der Waals surface area contributed by atoms with E-state index in [1.54, 1.807) is 13.0 Å². The molecule has 1 rings (SSSR count). The summed E-state index contributed by atoms with van der Waals surface area (Å²) in [6, 6.07) is 3.81. The average molecular weight is 260 g/mol. The molecule has 0 heterocycles. The number of rotatable bonds is 5. The second kappa shape index (κ2) is 6.57. The molecular weight excluding hydrogens is 245 g/mol. The normalized spacial score (nSPS) is 12.2. The summed E-state index contributed by atoms with van der Waals surface area (Å²) in [5.74, 6) is -0.619. The zero-order valence-corrected chi connectivity index (χ0v) is 10.6. The number of ether oxygens (including phenoxy) is 1. The van der Waals surface area contributed by atoms with Gasteiger partial charge in [0.1, 0.15) is 12.4 Å². The molecule has 94 valence electrons. The molecule has 1 atom stereocenters. The van der Waals surface area contributed by atoms with Crippen molar-refractivity contribution in [2.24, 2.45) is 0 Å². The first kappa shape index (κ1) is 13.9. The third kappa shape index (κ3) is 4.32. The van der Waals surface area contributed by atoms with Crippen LogP contribution >= 0.6 is 11.6 Å². The molecule has 1 amide bonds. The fraction of sp³-hybridized carbons (Fsp3) is 0.417. The SMILES string of the molecule is CCOCC(=O)N[C@@H](C)c1ccc(F)cc1Cl. The summed E-state index contributed by atoms with van der Waals surface area (Å²) < 4.78 is 17.8. The second-order valence-corrected chi connectivity index (χ2v) is 4.00. The molecule has 0 saturated carbocycles. The van der Waals surface area contributed by atoms with Crippen LogP contribution in [0.3, 0.4) is 0 Å². The Kier molecular flexibility index (Phi) is 5.38. The fourth-order valence-electron chi connectivity index (χ4n) is 1.41. The zero-order valence-electron chi connectivity index (χ0n) is 9.80. The number of nitrogens with one attached hydrogen (secondary N) is 1. The Morgan fingerprint density at radius 2 is 2.29 bits per heavy atom. The highest BCUT2D eigenvalue weighted by molar-refractivity contribution is 6.31. The summed E-state index contributed by atoms with van der Waals surface area (Å²) in [7, 11) is 0. The Bertz CT molecular complexity index is 398. The molecule has 0 aliphatic carbocycles. The van der Waals surface area contributed by atoms with E-state index in [9.17, 15) is 9.18 Å². The van der Waals surface area contributed by atoms with Gasteiger partial charge in [0.05, 0.1) is 6.04 Å². The Morgan fingerprint density at radius 1 is 1.59 bits per heavy atom. The minimum Gasteiger partial charge on any atom is -0.372 e. The number of benzene rings is 1. The predicted molar refractivity (Wildman–Crippen MR) is 64.5 cm³/mol. The van der Waals surface area contributed by atoms with Gasteiger partial charge in [-0.25, -0.2) is 4.39 Å². The topological polar surface area (TPSA) is 38.3 Å². The molecule has 5 heteroatoms. The zero-order chi connectivity index (χ0) is 12.8. The summed E-state index contributed by atoms with van der Waals surface area (Å²) in [5.41, 5.74) is 0.679. The third-order valence-corrected chi connectivity index (χ3v) is 2.57. The first-order valence-corrected chi connectivity index (χ1v) is 5.74. The van der Waals surface area contributed by atoms with Gasteiger partial charge in [0.15, 0.2) is 0 Å². The molecule has 3 nitrogen and oxygen atoms in total. The van der Waals surface area contributed by atoms with Crippen LogP contribution in [-0.4, -0.2) is 19.1 Å². The van der Waals surface area contributed by atoms with E-state index in [1.165, 1.54) is 12.1 Å². The average Bonchev–Trinajstić information content (AvgIpc) is 2.26. The Balaban J connectivity index is 2.63. The smallest absolute Gasteiger partial charge is 0.246 e. The third-order valence-electron chi connectivity index (χ3n) is 2.24. The number of carbonyl (C=O) groups excluding carboxylic acids is 1. The molecule has 1 aromatic rings. The lowest BCUT2D eigenvalue weighted by Crippen LogP contribution is -2.30. The molecule has 0 spiro atoms. The maximum absolute atomic E-state index is 12.8. The highest BCUT2D eigenvalue weighted by Crippen LogP contribution is 2.23. The van der Waals surface area contributed by atoms with E-state index in [1.807, 2.05) is 6.92 Å². The molecule has 0 aliphatic heterocycles. The molecule has 1 aromatic carbocycles. The summed E-state index contributed by atoms with van der Waals surface area (Å²) in [5, 5.41) is 3.02. The van der Waals surface area contributed by atoms with Gasteiger partial charge in [0.2, 0.25) is 5.91 Å². The van der Waals surface area contributed by atoms with Crippen LogP contribution in [0.1, 0.15) is 25.5 Å². The van der Waals surface area contributed by atoms with E-state index < -0.39 is 5.82 Å². The molecular formula is C12H15ClFNO2. The first-order chi connectivity index (χ1) is 8.04. The van der Waals surface area contributed by atoms with Gasteiger partial charge >= 0.3 is 0 Å². The summed E-state index contributed by atoms with van der Waals surface area (Å²) in [6.07, 6.45) is 0. The minimum atomic E-state index is -0.397. The monoisotopic (exact) mass is 259 g/mol. The van der Waals surface area contributed by atoms with Gasteiger partial charge < -0.3 is 10.1 Å². The highest BCUT2D eigenvalue weighted by atomic mass is 35.5. The maximum Gasteiger partial charge on any atom is 0.246 e. The van der Waals surface area contributed by atoms with Crippen molar-refractivity contribution in [3.8, 4) is 0 Å². The Hall–Kier alpha value is -1.13. The Morgan fingerprint density at radius 3 is 2.88 bits per heavy atom. The molecule has 0 radical (unpaired) electrons. The minimum absolute atomic E-state index is 0.0135. The van der Waals surface area contributed by atoms with Crippen molar-refractivity contribution >= 4 is 17.5 Å². The second-order valence-electron chi connectivity index (χ2n) is 3.59. The van der Waals surface area contributed by atoms with E-state index in [4.69, 9.17) is 16.3 Å². The van der Waals surface area contributed by atoms with Gasteiger partial charge in [-0.15, -0.1) is 0 Å². The lowest BCUT2D eigenvalue weighted by Gasteiger charge is -2.15. The van der Waals surface area contributed by atoms with Gasteiger partial charge in [0, 0.05) is 11.6 Å². The van der Waals surface area contributed by atoms with Crippen molar-refractivity contribution in [2.45, 2.75) is 19.9 Å². The van der Waals surface area contributed by atoms with E-state index in [2.05, 4.69) is 5.32 Å². The van der Waals surface area contributed by atoms with Gasteiger partial charge in [-0.2, -0.15) is 0 Å². The van der Waals surface area contributed by atoms with E-state index in [-0.39, 0.29) is 18.6 Å². The van der Waals surface area contributed by atoms with Crippen LogP contribution in [0.25, 0.3) is 0 Å². The summed E-state index contributed by atoms with van der Waals surface area (Å²) in [6.45, 7) is 4.09. The van der Waals surface area contributed by atoms with Gasteiger partial charge in [-0.05, 0) is 31.5 Å². The van der Waals surface area contributed by atoms with Gasteiger partial charge in [-0.1, -0.05) is 17.7 Å². The van der Waals surface area contributed by atoms with Crippen molar-refractivity contribution in [3.63, 3.8) is 0 Å². The van der Waals surface area contributed by atoms with Crippen molar-refractivity contribution in [1.29, 1.82) is 0 Å².